The quantitative estimate of drug-likeness (QED) is 0.535. The highest BCUT2D eigenvalue weighted by Crippen LogP contribution is 2.52. The molecule has 5 rings (SSSR count). The maximum Gasteiger partial charge on any atom is 0.207 e. The molecule has 3 N–H and O–H groups in total. The van der Waals surface area contributed by atoms with Gasteiger partial charge in [0.15, 0.2) is 5.78 Å². The van der Waals surface area contributed by atoms with Crippen molar-refractivity contribution < 1.29 is 34.4 Å². The van der Waals surface area contributed by atoms with E-state index in [1.54, 1.807) is 0 Å². The van der Waals surface area contributed by atoms with Gasteiger partial charge in [-0.25, -0.2) is 0 Å². The fraction of sp³-hybridized carbons (Fsp3) is 0.222. The number of hydrogen-bond acceptors (Lipinski definition) is 7. The zero-order valence-corrected chi connectivity index (χ0v) is 12.8. The van der Waals surface area contributed by atoms with Crippen LogP contribution in [0.3, 0.4) is 0 Å². The van der Waals surface area contributed by atoms with Crippen LogP contribution >= 0.6 is 0 Å². The number of hydrogen-bond donors (Lipinski definition) is 3. The van der Waals surface area contributed by atoms with Crippen LogP contribution in [-0.4, -0.2) is 39.8 Å². The van der Waals surface area contributed by atoms with Crippen LogP contribution in [0.2, 0.25) is 0 Å². The zero-order chi connectivity index (χ0) is 17.5. The Morgan fingerprint density at radius 1 is 0.960 bits per heavy atom. The smallest absolute Gasteiger partial charge is 0.207 e. The molecule has 2 heterocycles. The average Bonchev–Trinajstić information content (AvgIpc) is 3.14. The van der Waals surface area contributed by atoms with Crippen molar-refractivity contribution in [3.63, 3.8) is 0 Å². The summed E-state index contributed by atoms with van der Waals surface area (Å²) in [5.41, 5.74) is -0.356. The number of carbonyl (C=O) groups excluding carboxylic acids is 2. The summed E-state index contributed by atoms with van der Waals surface area (Å²) < 4.78 is 11.1. The predicted molar refractivity (Wildman–Crippen MR) is 82.5 cm³/mol. The first-order valence-electron chi connectivity index (χ1n) is 7.81. The van der Waals surface area contributed by atoms with Crippen molar-refractivity contribution in [2.75, 3.05) is 6.61 Å². The Bertz CT molecular complexity index is 992. The molecule has 25 heavy (non-hydrogen) atoms. The van der Waals surface area contributed by atoms with Crippen LogP contribution in [0.5, 0.6) is 23.0 Å². The van der Waals surface area contributed by atoms with Crippen LogP contribution in [0.4, 0.5) is 0 Å². The van der Waals surface area contributed by atoms with Gasteiger partial charge in [0.05, 0.1) is 29.2 Å². The first kappa shape index (κ1) is 14.3. The Morgan fingerprint density at radius 2 is 1.64 bits per heavy atom. The van der Waals surface area contributed by atoms with Gasteiger partial charge in [-0.05, 0) is 24.6 Å². The number of benzene rings is 2. The number of phenolic OH excluding ortho intramolecular Hbond substituents is 3. The van der Waals surface area contributed by atoms with E-state index in [0.717, 1.165) is 12.1 Å². The first-order chi connectivity index (χ1) is 12.0. The van der Waals surface area contributed by atoms with Crippen LogP contribution in [0.25, 0.3) is 0 Å². The predicted octanol–water partition coefficient (Wildman–Crippen LogP) is 1.80. The Kier molecular flexibility index (Phi) is 2.58. The maximum absolute atomic E-state index is 12.9. The number of rotatable bonds is 0. The minimum absolute atomic E-state index is 0.0605. The molecule has 0 amide bonds. The van der Waals surface area contributed by atoms with Gasteiger partial charge in [-0.3, -0.25) is 9.59 Å². The summed E-state index contributed by atoms with van der Waals surface area (Å²) in [6, 6.07) is 3.68. The molecule has 0 aromatic heterocycles. The molecule has 2 aromatic carbocycles. The SMILES string of the molecule is O=C1c2cc3c(c(O)c2C(=O)c2c(O)ccc(O)c21)C1CCOC1O3. The third-order valence-electron chi connectivity index (χ3n) is 5.04. The van der Waals surface area contributed by atoms with Crippen molar-refractivity contribution in [2.24, 2.45) is 0 Å². The number of ketones is 2. The van der Waals surface area contributed by atoms with E-state index >= 15 is 0 Å². The molecule has 3 aliphatic rings. The van der Waals surface area contributed by atoms with Crippen molar-refractivity contribution in [2.45, 2.75) is 18.6 Å². The van der Waals surface area contributed by atoms with Gasteiger partial charge in [0.25, 0.3) is 0 Å². The van der Waals surface area contributed by atoms with E-state index in [2.05, 4.69) is 0 Å². The number of ether oxygens (including phenoxy) is 2. The Hall–Kier alpha value is -3.06. The minimum atomic E-state index is -0.708. The third kappa shape index (κ3) is 1.63. The Balaban J connectivity index is 1.80. The van der Waals surface area contributed by atoms with Gasteiger partial charge < -0.3 is 24.8 Å². The molecular formula is C18H12O7. The lowest BCUT2D eigenvalue weighted by Gasteiger charge is -2.21. The molecule has 0 radical (unpaired) electrons. The molecule has 1 aliphatic carbocycles. The molecule has 7 nitrogen and oxygen atoms in total. The number of aromatic hydroxyl groups is 3. The fourth-order valence-corrected chi connectivity index (χ4v) is 3.91. The molecule has 7 heteroatoms. The highest BCUT2D eigenvalue weighted by Gasteiger charge is 2.46. The van der Waals surface area contributed by atoms with Gasteiger partial charge >= 0.3 is 0 Å². The molecule has 0 spiro atoms. The van der Waals surface area contributed by atoms with E-state index < -0.39 is 29.4 Å². The number of phenols is 3. The number of fused-ring (bicyclic) bond motifs is 5. The van der Waals surface area contributed by atoms with E-state index in [1.165, 1.54) is 6.07 Å². The van der Waals surface area contributed by atoms with E-state index in [1.807, 2.05) is 0 Å². The van der Waals surface area contributed by atoms with Crippen LogP contribution < -0.4 is 4.74 Å². The van der Waals surface area contributed by atoms with Crippen LogP contribution in [0, 0.1) is 0 Å². The summed E-state index contributed by atoms with van der Waals surface area (Å²) in [7, 11) is 0. The van der Waals surface area contributed by atoms with Gasteiger partial charge in [-0.2, -0.15) is 0 Å². The summed E-state index contributed by atoms with van der Waals surface area (Å²) in [6.07, 6.45) is 0.0912. The molecule has 2 aromatic rings. The third-order valence-corrected chi connectivity index (χ3v) is 5.04. The second-order valence-electron chi connectivity index (χ2n) is 6.32. The second kappa shape index (κ2) is 4.52. The van der Waals surface area contributed by atoms with E-state index in [0.29, 0.717) is 24.3 Å². The van der Waals surface area contributed by atoms with E-state index in [-0.39, 0.29) is 33.9 Å². The van der Waals surface area contributed by atoms with Gasteiger partial charge in [0, 0.05) is 11.1 Å². The van der Waals surface area contributed by atoms with Crippen LogP contribution in [-0.2, 0) is 4.74 Å². The first-order valence-corrected chi connectivity index (χ1v) is 7.81. The van der Waals surface area contributed by atoms with Crippen molar-refractivity contribution in [3.05, 3.63) is 46.0 Å². The summed E-state index contributed by atoms with van der Waals surface area (Å²) in [4.78, 5) is 25.7. The largest absolute Gasteiger partial charge is 0.507 e. The summed E-state index contributed by atoms with van der Waals surface area (Å²) in [5, 5.41) is 30.7. The van der Waals surface area contributed by atoms with Crippen LogP contribution in [0.1, 0.15) is 49.7 Å². The van der Waals surface area contributed by atoms with Crippen LogP contribution in [0.15, 0.2) is 18.2 Å². The van der Waals surface area contributed by atoms with Gasteiger partial charge in [0.1, 0.15) is 23.0 Å². The molecule has 2 aliphatic heterocycles. The topological polar surface area (TPSA) is 113 Å². The lowest BCUT2D eigenvalue weighted by Crippen LogP contribution is -2.22. The number of carbonyl (C=O) groups is 2. The van der Waals surface area contributed by atoms with Gasteiger partial charge in [-0.1, -0.05) is 0 Å². The average molecular weight is 340 g/mol. The molecule has 2 atom stereocenters. The summed E-state index contributed by atoms with van der Waals surface area (Å²) in [6.45, 7) is 0.482. The Labute approximate surface area is 141 Å². The van der Waals surface area contributed by atoms with E-state index in [9.17, 15) is 24.9 Å². The zero-order valence-electron chi connectivity index (χ0n) is 12.8. The van der Waals surface area contributed by atoms with E-state index in [4.69, 9.17) is 9.47 Å². The monoisotopic (exact) mass is 340 g/mol. The fourth-order valence-electron chi connectivity index (χ4n) is 3.91. The molecule has 1 fully saturated rings. The second-order valence-corrected chi connectivity index (χ2v) is 6.32. The highest BCUT2D eigenvalue weighted by atomic mass is 16.7. The van der Waals surface area contributed by atoms with Gasteiger partial charge in [-0.15, -0.1) is 0 Å². The molecule has 126 valence electrons. The van der Waals surface area contributed by atoms with Crippen molar-refractivity contribution in [1.82, 2.24) is 0 Å². The lowest BCUT2D eigenvalue weighted by atomic mass is 9.80. The summed E-state index contributed by atoms with van der Waals surface area (Å²) in [5.74, 6) is -2.42. The van der Waals surface area contributed by atoms with Crippen molar-refractivity contribution in [3.8, 4) is 23.0 Å². The minimum Gasteiger partial charge on any atom is -0.507 e. The molecular weight excluding hydrogens is 328 g/mol. The molecule has 1 saturated heterocycles. The lowest BCUT2D eigenvalue weighted by molar-refractivity contribution is -0.0337. The van der Waals surface area contributed by atoms with Gasteiger partial charge in [0.2, 0.25) is 12.1 Å². The summed E-state index contributed by atoms with van der Waals surface area (Å²) >= 11 is 0. The maximum atomic E-state index is 12.9. The van der Waals surface area contributed by atoms with Crippen molar-refractivity contribution >= 4 is 11.6 Å². The standard InChI is InChI=1S/C18H12O7/c19-8-1-2-9(20)14-13(8)15(21)7-5-10-11(16(22)12(7)17(14)23)6-3-4-24-18(6)25-10/h1-2,5-6,18-20,22H,3-4H2. The Morgan fingerprint density at radius 3 is 2.36 bits per heavy atom. The van der Waals surface area contributed by atoms with Crippen molar-refractivity contribution in [1.29, 1.82) is 0 Å². The highest BCUT2D eigenvalue weighted by molar-refractivity contribution is 6.31. The molecule has 0 bridgehead atoms. The molecule has 0 saturated carbocycles. The molecule has 2 unspecified atom stereocenters. The normalized spacial score (nSPS) is 22.9.